The highest BCUT2D eigenvalue weighted by Gasteiger charge is 2.17. The van der Waals surface area contributed by atoms with E-state index in [4.69, 9.17) is 29.9 Å². The molecule has 0 aliphatic carbocycles. The van der Waals surface area contributed by atoms with Gasteiger partial charge < -0.3 is 18.3 Å². The molecule has 0 spiro atoms. The maximum absolute atomic E-state index is 12.7. The highest BCUT2D eigenvalue weighted by atomic mass is 35.5. The number of rotatable bonds is 4. The van der Waals surface area contributed by atoms with Crippen LogP contribution in [0.2, 0.25) is 0 Å². The van der Waals surface area contributed by atoms with Gasteiger partial charge in [-0.3, -0.25) is 4.79 Å². The Kier molecular flexibility index (Phi) is 5.05. The molecule has 0 amide bonds. The summed E-state index contributed by atoms with van der Waals surface area (Å²) in [5.41, 5.74) is -0.320. The normalized spacial score (nSPS) is 12.1. The predicted molar refractivity (Wildman–Crippen MR) is 111 cm³/mol. The van der Waals surface area contributed by atoms with E-state index in [9.17, 15) is 14.4 Å². The minimum Gasteiger partial charge on any atom is -0.493 e. The lowest BCUT2D eigenvalue weighted by molar-refractivity contribution is -0.133. The Hall–Kier alpha value is -3.58. The number of methoxy groups -OCH3 is 1. The summed E-state index contributed by atoms with van der Waals surface area (Å²) < 4.78 is 21.1. The van der Waals surface area contributed by atoms with Crippen LogP contribution in [0.15, 0.2) is 67.0 Å². The van der Waals surface area contributed by atoms with Crippen LogP contribution in [0, 0.1) is 0 Å². The molecule has 0 fully saturated rings. The molecule has 30 heavy (non-hydrogen) atoms. The molecule has 2 aromatic carbocycles. The minimum atomic E-state index is -0.835. The first kappa shape index (κ1) is 19.7. The Morgan fingerprint density at radius 1 is 1.03 bits per heavy atom. The summed E-state index contributed by atoms with van der Waals surface area (Å²) in [5.74, 6) is -0.0530. The van der Waals surface area contributed by atoms with Gasteiger partial charge in [-0.15, -0.1) is 11.6 Å². The highest BCUT2D eigenvalue weighted by Crippen LogP contribution is 2.31. The fraction of sp³-hybridized carbons (Fsp3) is 0.136. The van der Waals surface area contributed by atoms with Crippen LogP contribution in [-0.2, 0) is 4.79 Å². The number of esters is 1. The summed E-state index contributed by atoms with van der Waals surface area (Å²) in [6, 6.07) is 12.6. The fourth-order valence-corrected chi connectivity index (χ4v) is 3.14. The molecule has 0 radical (unpaired) electrons. The Bertz CT molecular complexity index is 1400. The number of ether oxygens (including phenoxy) is 2. The lowest BCUT2D eigenvalue weighted by atomic mass is 10.0. The second kappa shape index (κ2) is 7.68. The SMILES string of the molecule is COc1cccc2cc(-c3cc(=O)oc4cc(OC(=O)C(C)Cl)ccc34)c(=O)oc12. The van der Waals surface area contributed by atoms with Crippen molar-refractivity contribution in [2.24, 2.45) is 0 Å². The van der Waals surface area contributed by atoms with Crippen molar-refractivity contribution in [2.45, 2.75) is 12.3 Å². The molecular formula is C22H15ClO7. The molecule has 1 atom stereocenters. The van der Waals surface area contributed by atoms with E-state index in [0.29, 0.717) is 27.7 Å². The van der Waals surface area contributed by atoms with Gasteiger partial charge in [-0.2, -0.15) is 0 Å². The van der Waals surface area contributed by atoms with Gasteiger partial charge in [0.2, 0.25) is 0 Å². The van der Waals surface area contributed by atoms with Crippen LogP contribution in [-0.4, -0.2) is 18.5 Å². The van der Waals surface area contributed by atoms with Crippen LogP contribution in [0.25, 0.3) is 33.1 Å². The molecule has 0 bridgehead atoms. The molecule has 0 saturated heterocycles. The number of carbonyl (C=O) groups is 1. The lowest BCUT2D eigenvalue weighted by Gasteiger charge is -2.09. The maximum atomic E-state index is 12.7. The number of carbonyl (C=O) groups excluding carboxylic acids is 1. The van der Waals surface area contributed by atoms with E-state index in [1.54, 1.807) is 30.3 Å². The number of benzene rings is 2. The minimum absolute atomic E-state index is 0.148. The number of alkyl halides is 1. The average molecular weight is 427 g/mol. The van der Waals surface area contributed by atoms with Gasteiger partial charge in [0.15, 0.2) is 11.3 Å². The van der Waals surface area contributed by atoms with Crippen molar-refractivity contribution in [2.75, 3.05) is 7.11 Å². The zero-order valence-corrected chi connectivity index (χ0v) is 16.7. The van der Waals surface area contributed by atoms with Gasteiger partial charge in [0, 0.05) is 28.5 Å². The van der Waals surface area contributed by atoms with Crippen LogP contribution >= 0.6 is 11.6 Å². The van der Waals surface area contributed by atoms with Crippen LogP contribution in [0.4, 0.5) is 0 Å². The summed E-state index contributed by atoms with van der Waals surface area (Å²) >= 11 is 5.71. The molecule has 0 aliphatic heterocycles. The second-order valence-corrected chi connectivity index (χ2v) is 7.15. The first-order valence-electron chi connectivity index (χ1n) is 8.92. The van der Waals surface area contributed by atoms with Gasteiger partial charge in [0.25, 0.3) is 0 Å². The van der Waals surface area contributed by atoms with E-state index >= 15 is 0 Å². The summed E-state index contributed by atoms with van der Waals surface area (Å²) in [5, 5.41) is 0.271. The van der Waals surface area contributed by atoms with Crippen LogP contribution in [0.5, 0.6) is 11.5 Å². The van der Waals surface area contributed by atoms with E-state index in [1.807, 2.05) is 0 Å². The third-order valence-corrected chi connectivity index (χ3v) is 4.67. The Labute approximate surface area is 174 Å². The first-order chi connectivity index (χ1) is 14.4. The van der Waals surface area contributed by atoms with Gasteiger partial charge in [-0.25, -0.2) is 9.59 Å². The molecule has 7 nitrogen and oxygen atoms in total. The Balaban J connectivity index is 1.91. The Morgan fingerprint density at radius 2 is 1.83 bits per heavy atom. The van der Waals surface area contributed by atoms with Crippen molar-refractivity contribution in [3.05, 3.63) is 69.4 Å². The molecule has 4 rings (SSSR count). The van der Waals surface area contributed by atoms with E-state index < -0.39 is 22.6 Å². The van der Waals surface area contributed by atoms with E-state index in [0.717, 1.165) is 0 Å². The summed E-state index contributed by atoms with van der Waals surface area (Å²) in [4.78, 5) is 36.6. The van der Waals surface area contributed by atoms with Gasteiger partial charge in [-0.1, -0.05) is 12.1 Å². The van der Waals surface area contributed by atoms with E-state index in [2.05, 4.69) is 0 Å². The number of hydrogen-bond donors (Lipinski definition) is 0. The predicted octanol–water partition coefficient (Wildman–Crippen LogP) is 4.11. The average Bonchev–Trinajstić information content (AvgIpc) is 2.72. The third-order valence-electron chi connectivity index (χ3n) is 4.49. The zero-order valence-electron chi connectivity index (χ0n) is 15.9. The third kappa shape index (κ3) is 3.55. The fourth-order valence-electron chi connectivity index (χ4n) is 3.09. The number of hydrogen-bond acceptors (Lipinski definition) is 7. The summed E-state index contributed by atoms with van der Waals surface area (Å²) in [7, 11) is 1.48. The number of fused-ring (bicyclic) bond motifs is 2. The Morgan fingerprint density at radius 3 is 2.57 bits per heavy atom. The van der Waals surface area contributed by atoms with Crippen molar-refractivity contribution in [1.82, 2.24) is 0 Å². The van der Waals surface area contributed by atoms with Crippen molar-refractivity contribution in [3.63, 3.8) is 0 Å². The van der Waals surface area contributed by atoms with Gasteiger partial charge >= 0.3 is 17.2 Å². The maximum Gasteiger partial charge on any atom is 0.344 e. The number of halogens is 1. The second-order valence-electron chi connectivity index (χ2n) is 6.50. The summed E-state index contributed by atoms with van der Waals surface area (Å²) in [6.45, 7) is 1.48. The summed E-state index contributed by atoms with van der Waals surface area (Å²) in [6.07, 6.45) is 0. The van der Waals surface area contributed by atoms with Crippen molar-refractivity contribution >= 4 is 39.5 Å². The first-order valence-corrected chi connectivity index (χ1v) is 9.36. The van der Waals surface area contributed by atoms with Crippen LogP contribution in [0.3, 0.4) is 0 Å². The molecule has 152 valence electrons. The monoisotopic (exact) mass is 426 g/mol. The van der Waals surface area contributed by atoms with Crippen molar-refractivity contribution in [3.8, 4) is 22.6 Å². The van der Waals surface area contributed by atoms with Gasteiger partial charge in [0.05, 0.1) is 12.7 Å². The van der Waals surface area contributed by atoms with Crippen LogP contribution in [0.1, 0.15) is 6.92 Å². The van der Waals surface area contributed by atoms with Gasteiger partial charge in [0.1, 0.15) is 16.7 Å². The molecule has 0 N–H and O–H groups in total. The van der Waals surface area contributed by atoms with Crippen molar-refractivity contribution in [1.29, 1.82) is 0 Å². The highest BCUT2D eigenvalue weighted by molar-refractivity contribution is 6.29. The molecule has 0 saturated carbocycles. The molecule has 8 heteroatoms. The molecule has 4 aromatic rings. The van der Waals surface area contributed by atoms with E-state index in [1.165, 1.54) is 32.2 Å². The number of para-hydroxylation sites is 1. The molecule has 2 aromatic heterocycles. The molecule has 1 unspecified atom stereocenters. The molecule has 0 aliphatic rings. The molecule has 2 heterocycles. The largest absolute Gasteiger partial charge is 0.493 e. The quantitative estimate of drug-likeness (QED) is 0.210. The van der Waals surface area contributed by atoms with Gasteiger partial charge in [-0.05, 0) is 31.2 Å². The smallest absolute Gasteiger partial charge is 0.344 e. The topological polar surface area (TPSA) is 96.0 Å². The molecular weight excluding hydrogens is 412 g/mol. The lowest BCUT2D eigenvalue weighted by Crippen LogP contribution is -2.17. The van der Waals surface area contributed by atoms with Crippen LogP contribution < -0.4 is 20.7 Å². The zero-order chi connectivity index (χ0) is 21.4. The van der Waals surface area contributed by atoms with Crippen molar-refractivity contribution < 1.29 is 23.1 Å². The van der Waals surface area contributed by atoms with E-state index in [-0.39, 0.29) is 16.9 Å². The standard InChI is InChI=1S/C22H15ClO7/c1-11(23)21(25)28-13-6-7-14-15(10-19(24)29-18(14)9-13)16-8-12-4-3-5-17(27-2)20(12)30-22(16)26/h3-11H,1-2H3.